The highest BCUT2D eigenvalue weighted by Crippen LogP contribution is 2.25. The molecule has 0 fully saturated rings. The van der Waals surface area contributed by atoms with Crippen molar-refractivity contribution in [2.24, 2.45) is 7.05 Å². The van der Waals surface area contributed by atoms with Crippen LogP contribution in [0.4, 0.5) is 10.5 Å². The van der Waals surface area contributed by atoms with E-state index < -0.39 is 6.09 Å². The number of hydrogen-bond acceptors (Lipinski definition) is 2. The molecule has 0 bridgehead atoms. The summed E-state index contributed by atoms with van der Waals surface area (Å²) in [5.74, 6) is -0.247. The van der Waals surface area contributed by atoms with Gasteiger partial charge in [0.15, 0.2) is 5.78 Å². The third kappa shape index (κ3) is 2.67. The molecular formula is C14H13ClN2O3. The molecule has 2 rings (SSSR count). The largest absolute Gasteiger partial charge is 0.465 e. The van der Waals surface area contributed by atoms with Crippen molar-refractivity contribution < 1.29 is 14.7 Å². The van der Waals surface area contributed by atoms with E-state index in [9.17, 15) is 9.59 Å². The highest BCUT2D eigenvalue weighted by atomic mass is 35.5. The number of carboxylic acid groups (broad SMARTS) is 1. The molecule has 0 aliphatic heterocycles. The Hall–Kier alpha value is -2.27. The fourth-order valence-corrected chi connectivity index (χ4v) is 2.09. The molecule has 0 saturated carbocycles. The van der Waals surface area contributed by atoms with Gasteiger partial charge in [0.05, 0.1) is 11.3 Å². The number of ketones is 1. The summed E-state index contributed by atoms with van der Waals surface area (Å²) in [4.78, 5) is 23.3. The van der Waals surface area contributed by atoms with E-state index >= 15 is 0 Å². The average Bonchev–Trinajstić information content (AvgIpc) is 2.64. The van der Waals surface area contributed by atoms with E-state index in [0.717, 1.165) is 0 Å². The molecule has 1 aromatic heterocycles. The maximum Gasteiger partial charge on any atom is 0.409 e. The molecule has 0 spiro atoms. The lowest BCUT2D eigenvalue weighted by Crippen LogP contribution is -2.11. The highest BCUT2D eigenvalue weighted by Gasteiger charge is 2.20. The van der Waals surface area contributed by atoms with E-state index in [-0.39, 0.29) is 11.5 Å². The standard InChI is InChI=1S/C14H13ClN2O3/c1-8-12(11(7-17(8)2)16-14(19)20)13(18)9-3-5-10(15)6-4-9/h3-7,16H,1-2H3,(H,19,20). The van der Waals surface area contributed by atoms with Crippen molar-refractivity contribution in [1.29, 1.82) is 0 Å². The molecule has 1 amide bonds. The van der Waals surface area contributed by atoms with Crippen molar-refractivity contribution in [2.75, 3.05) is 5.32 Å². The van der Waals surface area contributed by atoms with Gasteiger partial charge in [0.25, 0.3) is 0 Å². The summed E-state index contributed by atoms with van der Waals surface area (Å²) < 4.78 is 1.70. The number of aryl methyl sites for hydroxylation is 1. The molecule has 0 saturated heterocycles. The second-order valence-corrected chi connectivity index (χ2v) is 4.82. The topological polar surface area (TPSA) is 71.3 Å². The number of hydrogen-bond donors (Lipinski definition) is 2. The van der Waals surface area contributed by atoms with E-state index in [0.29, 0.717) is 21.8 Å². The summed E-state index contributed by atoms with van der Waals surface area (Å²) in [6, 6.07) is 6.47. The lowest BCUT2D eigenvalue weighted by atomic mass is 10.0. The molecule has 0 radical (unpaired) electrons. The second-order valence-electron chi connectivity index (χ2n) is 4.38. The molecule has 2 aromatic rings. The van der Waals surface area contributed by atoms with Gasteiger partial charge in [0, 0.05) is 29.5 Å². The molecular weight excluding hydrogens is 280 g/mol. The van der Waals surface area contributed by atoms with E-state index in [1.807, 2.05) is 0 Å². The highest BCUT2D eigenvalue weighted by molar-refractivity contribution is 6.30. The van der Waals surface area contributed by atoms with Crippen molar-refractivity contribution in [3.05, 3.63) is 52.3 Å². The van der Waals surface area contributed by atoms with Crippen LogP contribution in [0.15, 0.2) is 30.5 Å². The monoisotopic (exact) mass is 292 g/mol. The predicted molar refractivity (Wildman–Crippen MR) is 76.7 cm³/mol. The van der Waals surface area contributed by atoms with Crippen LogP contribution in [0.25, 0.3) is 0 Å². The van der Waals surface area contributed by atoms with Gasteiger partial charge in [0.2, 0.25) is 0 Å². The second kappa shape index (κ2) is 5.38. The van der Waals surface area contributed by atoms with Crippen LogP contribution in [0, 0.1) is 6.92 Å². The van der Waals surface area contributed by atoms with Gasteiger partial charge in [-0.25, -0.2) is 4.79 Å². The van der Waals surface area contributed by atoms with E-state index in [2.05, 4.69) is 5.32 Å². The molecule has 104 valence electrons. The first-order valence-corrected chi connectivity index (χ1v) is 6.24. The van der Waals surface area contributed by atoms with Crippen molar-refractivity contribution in [3.8, 4) is 0 Å². The number of aromatic nitrogens is 1. The zero-order chi connectivity index (χ0) is 14.9. The number of benzene rings is 1. The molecule has 20 heavy (non-hydrogen) atoms. The molecule has 1 heterocycles. The van der Waals surface area contributed by atoms with Crippen LogP contribution in [-0.2, 0) is 7.05 Å². The molecule has 0 aliphatic carbocycles. The average molecular weight is 293 g/mol. The van der Waals surface area contributed by atoms with Gasteiger partial charge in [-0.2, -0.15) is 0 Å². The number of nitrogens with zero attached hydrogens (tertiary/aromatic N) is 1. The van der Waals surface area contributed by atoms with Crippen LogP contribution in [0.3, 0.4) is 0 Å². The fraction of sp³-hybridized carbons (Fsp3) is 0.143. The molecule has 0 unspecified atom stereocenters. The number of rotatable bonds is 3. The van der Waals surface area contributed by atoms with Crippen LogP contribution in [0.2, 0.25) is 5.02 Å². The van der Waals surface area contributed by atoms with Crippen LogP contribution in [0.1, 0.15) is 21.6 Å². The van der Waals surface area contributed by atoms with Crippen molar-refractivity contribution in [3.63, 3.8) is 0 Å². The summed E-state index contributed by atoms with van der Waals surface area (Å²) in [7, 11) is 1.75. The van der Waals surface area contributed by atoms with Crippen LogP contribution in [0.5, 0.6) is 0 Å². The number of carbonyl (C=O) groups is 2. The van der Waals surface area contributed by atoms with E-state index in [1.165, 1.54) is 0 Å². The quantitative estimate of drug-likeness (QED) is 0.853. The Kier molecular flexibility index (Phi) is 3.81. The maximum absolute atomic E-state index is 12.5. The Labute approximate surface area is 120 Å². The van der Waals surface area contributed by atoms with Crippen molar-refractivity contribution in [1.82, 2.24) is 4.57 Å². The Morgan fingerprint density at radius 2 is 1.85 bits per heavy atom. The smallest absolute Gasteiger partial charge is 0.409 e. The summed E-state index contributed by atoms with van der Waals surface area (Å²) in [6.45, 7) is 1.76. The first-order chi connectivity index (χ1) is 9.40. The zero-order valence-corrected chi connectivity index (χ0v) is 11.7. The van der Waals surface area contributed by atoms with Gasteiger partial charge in [-0.15, -0.1) is 0 Å². The minimum atomic E-state index is -1.21. The fourth-order valence-electron chi connectivity index (χ4n) is 1.97. The first-order valence-electron chi connectivity index (χ1n) is 5.86. The SMILES string of the molecule is Cc1c(C(=O)c2ccc(Cl)cc2)c(NC(=O)O)cn1C. The van der Waals surface area contributed by atoms with Gasteiger partial charge in [0.1, 0.15) is 0 Å². The van der Waals surface area contributed by atoms with E-state index in [4.69, 9.17) is 16.7 Å². The molecule has 1 aromatic carbocycles. The van der Waals surface area contributed by atoms with Crippen LogP contribution >= 0.6 is 11.6 Å². The van der Waals surface area contributed by atoms with Gasteiger partial charge in [-0.1, -0.05) is 11.6 Å². The normalized spacial score (nSPS) is 10.3. The number of amides is 1. The molecule has 6 heteroatoms. The third-order valence-electron chi connectivity index (χ3n) is 3.06. The number of halogens is 1. The molecule has 0 atom stereocenters. The Bertz CT molecular complexity index is 674. The lowest BCUT2D eigenvalue weighted by molar-refractivity contribution is 0.103. The lowest BCUT2D eigenvalue weighted by Gasteiger charge is -2.05. The Morgan fingerprint density at radius 1 is 1.25 bits per heavy atom. The van der Waals surface area contributed by atoms with Gasteiger partial charge >= 0.3 is 6.09 Å². The van der Waals surface area contributed by atoms with Gasteiger partial charge in [-0.3, -0.25) is 10.1 Å². The summed E-state index contributed by atoms with van der Waals surface area (Å²) >= 11 is 5.79. The number of anilines is 1. The maximum atomic E-state index is 12.5. The molecule has 0 aliphatic rings. The van der Waals surface area contributed by atoms with Crippen LogP contribution < -0.4 is 5.32 Å². The Balaban J connectivity index is 2.48. The number of nitrogens with one attached hydrogen (secondary N) is 1. The Morgan fingerprint density at radius 3 is 2.40 bits per heavy atom. The van der Waals surface area contributed by atoms with Gasteiger partial charge in [-0.05, 0) is 31.2 Å². The summed E-state index contributed by atoms with van der Waals surface area (Å²) in [5.41, 5.74) is 1.76. The molecule has 2 N–H and O–H groups in total. The third-order valence-corrected chi connectivity index (χ3v) is 3.31. The van der Waals surface area contributed by atoms with Crippen molar-refractivity contribution >= 4 is 29.2 Å². The van der Waals surface area contributed by atoms with Crippen molar-refractivity contribution in [2.45, 2.75) is 6.92 Å². The predicted octanol–water partition coefficient (Wildman–Crippen LogP) is 3.31. The molecule has 5 nitrogen and oxygen atoms in total. The number of carbonyl (C=O) groups excluding carboxylic acids is 1. The summed E-state index contributed by atoms with van der Waals surface area (Å²) in [5, 5.41) is 11.6. The minimum Gasteiger partial charge on any atom is -0.465 e. The first kappa shape index (κ1) is 14.1. The van der Waals surface area contributed by atoms with Gasteiger partial charge < -0.3 is 9.67 Å². The van der Waals surface area contributed by atoms with E-state index in [1.54, 1.807) is 49.0 Å². The van der Waals surface area contributed by atoms with Crippen LogP contribution in [-0.4, -0.2) is 21.6 Å². The zero-order valence-electron chi connectivity index (χ0n) is 11.0. The summed E-state index contributed by atoms with van der Waals surface area (Å²) in [6.07, 6.45) is 0.368. The minimum absolute atomic E-state index is 0.247.